The van der Waals surface area contributed by atoms with Gasteiger partial charge in [-0.15, -0.1) is 0 Å². The third-order valence-electron chi connectivity index (χ3n) is 3.69. The molecule has 0 radical (unpaired) electrons. The van der Waals surface area contributed by atoms with E-state index in [1.807, 2.05) is 66.7 Å². The van der Waals surface area contributed by atoms with E-state index in [0.29, 0.717) is 5.69 Å². The lowest BCUT2D eigenvalue weighted by Crippen LogP contribution is -2.13. The Labute approximate surface area is 134 Å². The molecular formula is C20H15FN2. The van der Waals surface area contributed by atoms with Gasteiger partial charge in [-0.1, -0.05) is 66.7 Å². The van der Waals surface area contributed by atoms with Gasteiger partial charge >= 0.3 is 0 Å². The zero-order valence-electron chi connectivity index (χ0n) is 12.4. The van der Waals surface area contributed by atoms with Crippen molar-refractivity contribution in [3.63, 3.8) is 0 Å². The maximum Gasteiger partial charge on any atom is 0.143 e. The number of hydrogen-bond acceptors (Lipinski definition) is 2. The van der Waals surface area contributed by atoms with Crippen molar-refractivity contribution in [1.29, 1.82) is 5.26 Å². The molecule has 0 spiro atoms. The van der Waals surface area contributed by atoms with Crippen LogP contribution in [0.5, 0.6) is 0 Å². The summed E-state index contributed by atoms with van der Waals surface area (Å²) in [6.45, 7) is 0. The van der Waals surface area contributed by atoms with E-state index in [2.05, 4.69) is 5.32 Å². The predicted molar refractivity (Wildman–Crippen MR) is 89.5 cm³/mol. The summed E-state index contributed by atoms with van der Waals surface area (Å²) in [6, 6.07) is 26.2. The van der Waals surface area contributed by atoms with E-state index in [1.165, 1.54) is 6.07 Å². The highest BCUT2D eigenvalue weighted by atomic mass is 19.1. The molecule has 0 aliphatic carbocycles. The van der Waals surface area contributed by atoms with Crippen LogP contribution in [0.2, 0.25) is 0 Å². The zero-order valence-corrected chi connectivity index (χ0v) is 12.4. The van der Waals surface area contributed by atoms with Gasteiger partial charge in [0.25, 0.3) is 0 Å². The average molecular weight is 302 g/mol. The molecule has 0 aromatic heterocycles. The van der Waals surface area contributed by atoms with Crippen LogP contribution in [0, 0.1) is 17.1 Å². The highest BCUT2D eigenvalue weighted by molar-refractivity contribution is 5.60. The van der Waals surface area contributed by atoms with E-state index in [-0.39, 0.29) is 11.6 Å². The van der Waals surface area contributed by atoms with E-state index < -0.39 is 5.82 Å². The van der Waals surface area contributed by atoms with E-state index in [1.54, 1.807) is 12.1 Å². The van der Waals surface area contributed by atoms with Gasteiger partial charge in [-0.2, -0.15) is 5.26 Å². The summed E-state index contributed by atoms with van der Waals surface area (Å²) in [5.41, 5.74) is 2.62. The molecule has 112 valence electrons. The van der Waals surface area contributed by atoms with Gasteiger partial charge < -0.3 is 5.32 Å². The Morgan fingerprint density at radius 1 is 0.783 bits per heavy atom. The van der Waals surface area contributed by atoms with Crippen molar-refractivity contribution in [3.8, 4) is 6.07 Å². The molecule has 2 nitrogen and oxygen atoms in total. The molecule has 0 atom stereocenters. The molecule has 0 aliphatic rings. The number of nitrogens with one attached hydrogen (secondary N) is 1. The predicted octanol–water partition coefficient (Wildman–Crippen LogP) is 4.90. The summed E-state index contributed by atoms with van der Waals surface area (Å²) in [5.74, 6) is -0.516. The minimum absolute atomic E-state index is 0.0318. The van der Waals surface area contributed by atoms with Crippen LogP contribution in [-0.4, -0.2) is 0 Å². The van der Waals surface area contributed by atoms with Crippen LogP contribution < -0.4 is 5.32 Å². The van der Waals surface area contributed by atoms with Crippen LogP contribution in [-0.2, 0) is 0 Å². The number of benzene rings is 3. The average Bonchev–Trinajstić information content (AvgIpc) is 2.61. The first-order chi connectivity index (χ1) is 11.3. The summed E-state index contributed by atoms with van der Waals surface area (Å²) in [6.07, 6.45) is 0. The Kier molecular flexibility index (Phi) is 4.35. The molecule has 0 saturated heterocycles. The highest BCUT2D eigenvalue weighted by Crippen LogP contribution is 2.28. The van der Waals surface area contributed by atoms with E-state index in [9.17, 15) is 9.65 Å². The molecule has 0 heterocycles. The molecule has 1 N–H and O–H groups in total. The third kappa shape index (κ3) is 3.22. The molecule has 3 heteroatoms. The molecule has 0 saturated carbocycles. The van der Waals surface area contributed by atoms with Crippen LogP contribution in [0.1, 0.15) is 22.7 Å². The Hall–Kier alpha value is -3.12. The Morgan fingerprint density at radius 3 is 1.87 bits per heavy atom. The summed E-state index contributed by atoms with van der Waals surface area (Å²) < 4.78 is 13.8. The summed E-state index contributed by atoms with van der Waals surface area (Å²) in [7, 11) is 0. The number of anilines is 1. The molecule has 0 bridgehead atoms. The van der Waals surface area contributed by atoms with Crippen LogP contribution >= 0.6 is 0 Å². The maximum absolute atomic E-state index is 13.8. The normalized spacial score (nSPS) is 10.3. The van der Waals surface area contributed by atoms with Crippen LogP contribution in [0.25, 0.3) is 0 Å². The molecule has 3 aromatic carbocycles. The van der Waals surface area contributed by atoms with Crippen molar-refractivity contribution < 1.29 is 4.39 Å². The van der Waals surface area contributed by atoms with Crippen molar-refractivity contribution in [2.24, 2.45) is 0 Å². The monoisotopic (exact) mass is 302 g/mol. The highest BCUT2D eigenvalue weighted by Gasteiger charge is 2.16. The minimum atomic E-state index is -0.516. The summed E-state index contributed by atoms with van der Waals surface area (Å²) in [5, 5.41) is 12.5. The van der Waals surface area contributed by atoms with Crippen molar-refractivity contribution in [2.75, 3.05) is 5.32 Å². The van der Waals surface area contributed by atoms with Gasteiger partial charge in [0.2, 0.25) is 0 Å². The molecular weight excluding hydrogens is 287 g/mol. The van der Waals surface area contributed by atoms with Gasteiger partial charge in [-0.05, 0) is 23.3 Å². The Balaban J connectivity index is 2.05. The van der Waals surface area contributed by atoms with Crippen molar-refractivity contribution in [2.45, 2.75) is 6.04 Å². The standard InChI is InChI=1S/C20H15FN2/c21-18-12-7-13-19(17(18)14-22)23-20(15-8-3-1-4-9-15)16-10-5-2-6-11-16/h1-13,20,23H. The van der Waals surface area contributed by atoms with E-state index >= 15 is 0 Å². The Morgan fingerprint density at radius 2 is 1.35 bits per heavy atom. The second-order valence-corrected chi connectivity index (χ2v) is 5.17. The fourth-order valence-electron chi connectivity index (χ4n) is 2.56. The molecule has 0 amide bonds. The fourth-order valence-corrected chi connectivity index (χ4v) is 2.56. The molecule has 0 aliphatic heterocycles. The topological polar surface area (TPSA) is 35.8 Å². The quantitative estimate of drug-likeness (QED) is 0.744. The molecule has 3 rings (SSSR count). The second kappa shape index (κ2) is 6.76. The summed E-state index contributed by atoms with van der Waals surface area (Å²) >= 11 is 0. The fraction of sp³-hybridized carbons (Fsp3) is 0.0500. The first-order valence-electron chi connectivity index (χ1n) is 7.34. The zero-order chi connectivity index (χ0) is 16.1. The molecule has 3 aromatic rings. The smallest absolute Gasteiger partial charge is 0.143 e. The van der Waals surface area contributed by atoms with Crippen molar-refractivity contribution in [3.05, 3.63) is 101 Å². The van der Waals surface area contributed by atoms with Gasteiger partial charge in [0.05, 0.1) is 11.7 Å². The van der Waals surface area contributed by atoms with E-state index in [4.69, 9.17) is 0 Å². The lowest BCUT2D eigenvalue weighted by molar-refractivity contribution is 0.624. The lowest BCUT2D eigenvalue weighted by atomic mass is 9.98. The van der Waals surface area contributed by atoms with Crippen molar-refractivity contribution >= 4 is 5.69 Å². The van der Waals surface area contributed by atoms with Crippen molar-refractivity contribution in [1.82, 2.24) is 0 Å². The van der Waals surface area contributed by atoms with Gasteiger partial charge in [0.1, 0.15) is 17.4 Å². The first-order valence-corrected chi connectivity index (χ1v) is 7.34. The van der Waals surface area contributed by atoms with Gasteiger partial charge in [0, 0.05) is 0 Å². The van der Waals surface area contributed by atoms with Gasteiger partial charge in [0.15, 0.2) is 0 Å². The number of hydrogen-bond donors (Lipinski definition) is 1. The molecule has 0 unspecified atom stereocenters. The Bertz CT molecular complexity index is 784. The second-order valence-electron chi connectivity index (χ2n) is 5.17. The first kappa shape index (κ1) is 14.8. The van der Waals surface area contributed by atoms with E-state index in [0.717, 1.165) is 11.1 Å². The number of rotatable bonds is 4. The molecule has 23 heavy (non-hydrogen) atoms. The number of nitriles is 1. The number of nitrogens with zero attached hydrogens (tertiary/aromatic N) is 1. The van der Waals surface area contributed by atoms with Crippen LogP contribution in [0.15, 0.2) is 78.9 Å². The SMILES string of the molecule is N#Cc1c(F)cccc1NC(c1ccccc1)c1ccccc1. The van der Waals surface area contributed by atoms with Crippen LogP contribution in [0.3, 0.4) is 0 Å². The largest absolute Gasteiger partial charge is 0.373 e. The number of halogens is 1. The molecule has 0 fully saturated rings. The van der Waals surface area contributed by atoms with Crippen LogP contribution in [0.4, 0.5) is 10.1 Å². The minimum Gasteiger partial charge on any atom is -0.373 e. The van der Waals surface area contributed by atoms with Gasteiger partial charge in [-0.3, -0.25) is 0 Å². The summed E-state index contributed by atoms with van der Waals surface area (Å²) in [4.78, 5) is 0. The lowest BCUT2D eigenvalue weighted by Gasteiger charge is -2.22. The van der Waals surface area contributed by atoms with Gasteiger partial charge in [-0.25, -0.2) is 4.39 Å². The maximum atomic E-state index is 13.8. The third-order valence-corrected chi connectivity index (χ3v) is 3.69.